The molecule has 0 amide bonds. The lowest BCUT2D eigenvalue weighted by Gasteiger charge is -1.91. The van der Waals surface area contributed by atoms with Gasteiger partial charge in [0.15, 0.2) is 0 Å². The van der Waals surface area contributed by atoms with E-state index in [0.29, 0.717) is 0 Å². The second kappa shape index (κ2) is 2.75. The van der Waals surface area contributed by atoms with Crippen molar-refractivity contribution < 1.29 is 0 Å². The quantitative estimate of drug-likeness (QED) is 0.682. The molecule has 2 nitrogen and oxygen atoms in total. The van der Waals surface area contributed by atoms with Crippen molar-refractivity contribution in [3.8, 4) is 0 Å². The highest BCUT2D eigenvalue weighted by molar-refractivity contribution is 14.1. The van der Waals surface area contributed by atoms with Gasteiger partial charge >= 0.3 is 0 Å². The first kappa shape index (κ1) is 7.54. The van der Waals surface area contributed by atoms with E-state index in [-0.39, 0.29) is 0 Å². The molecular weight excluding hydrogens is 319 g/mol. The van der Waals surface area contributed by atoms with Gasteiger partial charge in [-0.05, 0) is 18.2 Å². The van der Waals surface area contributed by atoms with Gasteiger partial charge in [-0.2, -0.15) is 5.10 Å². The first-order valence-corrected chi connectivity index (χ1v) is 4.82. The fourth-order valence-electron chi connectivity index (χ4n) is 0.972. The standard InChI is InChI=1S/C7H4BrIN2/c8-6-1-2-7-5(3-6)4-10-11(7)9/h1-4H. The second-order valence-electron chi connectivity index (χ2n) is 2.21. The van der Waals surface area contributed by atoms with Gasteiger partial charge in [-0.25, -0.2) is 2.90 Å². The Balaban J connectivity index is 2.86. The summed E-state index contributed by atoms with van der Waals surface area (Å²) >= 11 is 5.56. The average molecular weight is 323 g/mol. The van der Waals surface area contributed by atoms with Crippen LogP contribution in [-0.2, 0) is 0 Å². The molecule has 0 radical (unpaired) electrons. The maximum Gasteiger partial charge on any atom is 0.0851 e. The number of rotatable bonds is 0. The number of hydrogen-bond donors (Lipinski definition) is 0. The maximum absolute atomic E-state index is 4.12. The van der Waals surface area contributed by atoms with Crippen molar-refractivity contribution in [2.24, 2.45) is 0 Å². The monoisotopic (exact) mass is 322 g/mol. The van der Waals surface area contributed by atoms with E-state index in [1.807, 2.05) is 21.2 Å². The smallest absolute Gasteiger partial charge is 0.0851 e. The second-order valence-corrected chi connectivity index (χ2v) is 4.04. The lowest BCUT2D eigenvalue weighted by Crippen LogP contribution is -1.77. The molecule has 1 heterocycles. The Hall–Kier alpha value is -0.100. The minimum Gasteiger partial charge on any atom is -0.204 e. The largest absolute Gasteiger partial charge is 0.204 e. The summed E-state index contributed by atoms with van der Waals surface area (Å²) in [6.07, 6.45) is 1.85. The van der Waals surface area contributed by atoms with E-state index in [1.165, 1.54) is 0 Å². The van der Waals surface area contributed by atoms with Crippen LogP contribution in [0.15, 0.2) is 28.9 Å². The Morgan fingerprint density at radius 1 is 1.45 bits per heavy atom. The number of nitrogens with zero attached hydrogens (tertiary/aromatic N) is 2. The highest BCUT2D eigenvalue weighted by Gasteiger charge is 1.98. The van der Waals surface area contributed by atoms with Crippen molar-refractivity contribution in [2.75, 3.05) is 0 Å². The molecule has 1 aromatic carbocycles. The van der Waals surface area contributed by atoms with Gasteiger partial charge < -0.3 is 0 Å². The Morgan fingerprint density at radius 3 is 3.09 bits per heavy atom. The van der Waals surface area contributed by atoms with Gasteiger partial charge in [0, 0.05) is 9.86 Å². The number of hydrogen-bond acceptors (Lipinski definition) is 1. The van der Waals surface area contributed by atoms with Crippen LogP contribution in [-0.4, -0.2) is 7.99 Å². The molecule has 0 fully saturated rings. The molecule has 0 N–H and O–H groups in total. The molecule has 0 unspecified atom stereocenters. The molecule has 0 spiro atoms. The molecule has 0 atom stereocenters. The third-order valence-electron chi connectivity index (χ3n) is 1.49. The van der Waals surface area contributed by atoms with Crippen LogP contribution >= 0.6 is 38.8 Å². The van der Waals surface area contributed by atoms with E-state index < -0.39 is 0 Å². The van der Waals surface area contributed by atoms with E-state index in [1.54, 1.807) is 0 Å². The molecule has 2 aromatic rings. The van der Waals surface area contributed by atoms with Crippen molar-refractivity contribution >= 4 is 49.7 Å². The molecule has 56 valence electrons. The average Bonchev–Trinajstić information content (AvgIpc) is 2.32. The van der Waals surface area contributed by atoms with Crippen LogP contribution < -0.4 is 0 Å². The van der Waals surface area contributed by atoms with Gasteiger partial charge in [0.1, 0.15) is 0 Å². The van der Waals surface area contributed by atoms with E-state index in [9.17, 15) is 0 Å². The number of benzene rings is 1. The Labute approximate surface area is 86.2 Å². The lowest BCUT2D eigenvalue weighted by molar-refractivity contribution is 1.09. The molecule has 0 saturated carbocycles. The van der Waals surface area contributed by atoms with Crippen molar-refractivity contribution in [3.05, 3.63) is 28.9 Å². The molecule has 0 saturated heterocycles. The summed E-state index contributed by atoms with van der Waals surface area (Å²) in [6.45, 7) is 0. The normalized spacial score (nSPS) is 10.7. The molecule has 2 rings (SSSR count). The fourth-order valence-corrected chi connectivity index (χ4v) is 1.91. The first-order valence-electron chi connectivity index (χ1n) is 3.07. The van der Waals surface area contributed by atoms with E-state index in [0.717, 1.165) is 15.4 Å². The third-order valence-corrected chi connectivity index (χ3v) is 2.75. The van der Waals surface area contributed by atoms with Crippen LogP contribution in [0.25, 0.3) is 10.9 Å². The summed E-state index contributed by atoms with van der Waals surface area (Å²) in [6, 6.07) is 6.11. The van der Waals surface area contributed by atoms with E-state index >= 15 is 0 Å². The van der Waals surface area contributed by atoms with Gasteiger partial charge in [-0.3, -0.25) is 0 Å². The van der Waals surface area contributed by atoms with Crippen molar-refractivity contribution in [2.45, 2.75) is 0 Å². The Morgan fingerprint density at radius 2 is 2.27 bits per heavy atom. The minimum absolute atomic E-state index is 1.09. The molecular formula is C7H4BrIN2. The third kappa shape index (κ3) is 1.29. The summed E-state index contributed by atoms with van der Waals surface area (Å²) in [4.78, 5) is 0. The Bertz CT molecular complexity index is 396. The molecule has 0 aliphatic heterocycles. The van der Waals surface area contributed by atoms with E-state index in [2.05, 4.69) is 50.0 Å². The summed E-state index contributed by atoms with van der Waals surface area (Å²) in [7, 11) is 0. The van der Waals surface area contributed by atoms with Gasteiger partial charge in [0.05, 0.1) is 34.6 Å². The zero-order valence-corrected chi connectivity index (χ0v) is 9.20. The molecule has 11 heavy (non-hydrogen) atoms. The van der Waals surface area contributed by atoms with Crippen LogP contribution in [0.1, 0.15) is 0 Å². The van der Waals surface area contributed by atoms with E-state index in [4.69, 9.17) is 0 Å². The number of halogens is 2. The number of fused-ring (bicyclic) bond motifs is 1. The number of aromatic nitrogens is 2. The van der Waals surface area contributed by atoms with Crippen molar-refractivity contribution in [1.29, 1.82) is 0 Å². The van der Waals surface area contributed by atoms with Gasteiger partial charge in [0.2, 0.25) is 0 Å². The molecule has 1 aromatic heterocycles. The Kier molecular flexibility index (Phi) is 1.88. The zero-order chi connectivity index (χ0) is 7.84. The lowest BCUT2D eigenvalue weighted by atomic mass is 10.3. The van der Waals surface area contributed by atoms with Crippen LogP contribution in [0.2, 0.25) is 0 Å². The summed E-state index contributed by atoms with van der Waals surface area (Å²) < 4.78 is 2.92. The zero-order valence-electron chi connectivity index (χ0n) is 5.46. The fraction of sp³-hybridized carbons (Fsp3) is 0. The van der Waals surface area contributed by atoms with Crippen LogP contribution in [0.4, 0.5) is 0 Å². The van der Waals surface area contributed by atoms with Crippen LogP contribution in [0.3, 0.4) is 0 Å². The molecule has 0 bridgehead atoms. The van der Waals surface area contributed by atoms with Crippen LogP contribution in [0.5, 0.6) is 0 Å². The van der Waals surface area contributed by atoms with Crippen LogP contribution in [0, 0.1) is 0 Å². The highest BCUT2D eigenvalue weighted by Crippen LogP contribution is 2.20. The maximum atomic E-state index is 4.12. The molecule has 0 aliphatic rings. The summed E-state index contributed by atoms with van der Waals surface area (Å²) in [5.41, 5.74) is 1.15. The minimum atomic E-state index is 1.09. The first-order chi connectivity index (χ1) is 5.27. The topological polar surface area (TPSA) is 17.8 Å². The van der Waals surface area contributed by atoms with Crippen molar-refractivity contribution in [1.82, 2.24) is 7.99 Å². The molecule has 4 heteroatoms. The van der Waals surface area contributed by atoms with Gasteiger partial charge in [-0.1, -0.05) is 15.9 Å². The van der Waals surface area contributed by atoms with Gasteiger partial charge in [-0.15, -0.1) is 0 Å². The predicted molar refractivity (Wildman–Crippen MR) is 56.9 cm³/mol. The molecule has 0 aliphatic carbocycles. The highest BCUT2D eigenvalue weighted by atomic mass is 127. The van der Waals surface area contributed by atoms with Gasteiger partial charge in [0.25, 0.3) is 0 Å². The summed E-state index contributed by atoms with van der Waals surface area (Å²) in [5, 5.41) is 5.28. The summed E-state index contributed by atoms with van der Waals surface area (Å²) in [5.74, 6) is 0. The van der Waals surface area contributed by atoms with Crippen molar-refractivity contribution in [3.63, 3.8) is 0 Å². The SMILES string of the molecule is Brc1ccc2c(cnn2I)c1. The predicted octanol–water partition coefficient (Wildman–Crippen LogP) is 3.00.